The Morgan fingerprint density at radius 1 is 1.19 bits per heavy atom. The van der Waals surface area contributed by atoms with E-state index in [4.69, 9.17) is 4.42 Å². The van der Waals surface area contributed by atoms with E-state index < -0.39 is 31.1 Å². The zero-order valence-corrected chi connectivity index (χ0v) is 14.7. The van der Waals surface area contributed by atoms with Crippen molar-refractivity contribution in [2.24, 2.45) is 0 Å². The van der Waals surface area contributed by atoms with Crippen molar-refractivity contribution in [2.75, 3.05) is 18.4 Å². The van der Waals surface area contributed by atoms with Crippen molar-refractivity contribution in [3.8, 4) is 0 Å². The van der Waals surface area contributed by atoms with Crippen molar-refractivity contribution in [2.45, 2.75) is 26.1 Å². The summed E-state index contributed by atoms with van der Waals surface area (Å²) in [5.74, 6) is -0.248. The van der Waals surface area contributed by atoms with Crippen molar-refractivity contribution in [1.82, 2.24) is 10.2 Å². The Balaban J connectivity index is 1.89. The molecule has 2 rings (SSSR count). The second kappa shape index (κ2) is 9.11. The number of nitrogens with zero attached hydrogens (tertiary/aromatic N) is 1. The molecule has 0 spiro atoms. The number of furan rings is 1. The predicted octanol–water partition coefficient (Wildman–Crippen LogP) is 4.02. The van der Waals surface area contributed by atoms with Gasteiger partial charge in [-0.1, -0.05) is 12.1 Å². The minimum absolute atomic E-state index is 0.117. The fraction of sp³-hybridized carbons (Fsp3) is 0.333. The summed E-state index contributed by atoms with van der Waals surface area (Å²) in [5.41, 5.74) is 1.19. The van der Waals surface area contributed by atoms with Crippen molar-refractivity contribution in [3.05, 3.63) is 54.0 Å². The number of alkyl halides is 3. The number of hydrogen-bond acceptors (Lipinski definition) is 3. The van der Waals surface area contributed by atoms with Crippen LogP contribution in [0.2, 0.25) is 0 Å². The fourth-order valence-corrected chi connectivity index (χ4v) is 2.31. The molecular formula is C18H20F3N3O3. The fourth-order valence-electron chi connectivity index (χ4n) is 2.31. The monoisotopic (exact) mass is 383 g/mol. The summed E-state index contributed by atoms with van der Waals surface area (Å²) in [7, 11) is 0. The number of urea groups is 1. The minimum Gasteiger partial charge on any atom is -0.459 e. The molecule has 0 atom stereocenters. The first-order chi connectivity index (χ1) is 12.8. The summed E-state index contributed by atoms with van der Waals surface area (Å²) in [4.78, 5) is 25.1. The number of carbonyl (C=O) groups excluding carboxylic acids is 2. The maximum atomic E-state index is 12.3. The van der Waals surface area contributed by atoms with Gasteiger partial charge in [0.2, 0.25) is 0 Å². The molecule has 0 unspecified atom stereocenters. The summed E-state index contributed by atoms with van der Waals surface area (Å²) in [6, 6.07) is 9.31. The van der Waals surface area contributed by atoms with Gasteiger partial charge in [0, 0.05) is 25.3 Å². The second-order valence-corrected chi connectivity index (χ2v) is 5.74. The van der Waals surface area contributed by atoms with Gasteiger partial charge in [-0.15, -0.1) is 0 Å². The second-order valence-electron chi connectivity index (χ2n) is 5.74. The molecular weight excluding hydrogens is 363 g/mol. The molecule has 1 aromatic heterocycles. The number of rotatable bonds is 7. The number of halogens is 3. The van der Waals surface area contributed by atoms with Gasteiger partial charge < -0.3 is 20.0 Å². The molecule has 2 N–H and O–H groups in total. The van der Waals surface area contributed by atoms with Crippen LogP contribution in [0.1, 0.15) is 29.5 Å². The summed E-state index contributed by atoms with van der Waals surface area (Å²) < 4.78 is 42.0. The molecule has 0 radical (unpaired) electrons. The molecule has 0 saturated carbocycles. The third-order valence-electron chi connectivity index (χ3n) is 3.71. The SMILES string of the molecule is CCN(CCC(F)(F)F)C(=O)NCc1cccc(NC(=O)c2ccco2)c1. The highest BCUT2D eigenvalue weighted by atomic mass is 19.4. The van der Waals surface area contributed by atoms with Gasteiger partial charge in [0.25, 0.3) is 5.91 Å². The van der Waals surface area contributed by atoms with Crippen LogP contribution in [0.3, 0.4) is 0 Å². The predicted molar refractivity (Wildman–Crippen MR) is 93.3 cm³/mol. The third-order valence-corrected chi connectivity index (χ3v) is 3.71. The Labute approximate surface area is 154 Å². The first-order valence-electron chi connectivity index (χ1n) is 8.32. The highest BCUT2D eigenvalue weighted by molar-refractivity contribution is 6.02. The number of hydrogen-bond donors (Lipinski definition) is 2. The Hall–Kier alpha value is -2.97. The van der Waals surface area contributed by atoms with Crippen LogP contribution in [0.5, 0.6) is 0 Å². The number of benzene rings is 1. The molecule has 1 heterocycles. The van der Waals surface area contributed by atoms with Crippen molar-refractivity contribution >= 4 is 17.6 Å². The van der Waals surface area contributed by atoms with Crippen LogP contribution in [0, 0.1) is 0 Å². The zero-order chi connectivity index (χ0) is 19.9. The molecule has 146 valence electrons. The zero-order valence-electron chi connectivity index (χ0n) is 14.7. The van der Waals surface area contributed by atoms with Gasteiger partial charge in [-0.3, -0.25) is 4.79 Å². The van der Waals surface area contributed by atoms with Crippen LogP contribution in [0.25, 0.3) is 0 Å². The lowest BCUT2D eigenvalue weighted by atomic mass is 10.2. The maximum absolute atomic E-state index is 12.3. The van der Waals surface area contributed by atoms with Crippen molar-refractivity contribution in [3.63, 3.8) is 0 Å². The van der Waals surface area contributed by atoms with Gasteiger partial charge in [-0.2, -0.15) is 13.2 Å². The topological polar surface area (TPSA) is 74.6 Å². The first-order valence-corrected chi connectivity index (χ1v) is 8.32. The average molecular weight is 383 g/mol. The van der Waals surface area contributed by atoms with Crippen LogP contribution in [0.15, 0.2) is 47.1 Å². The lowest BCUT2D eigenvalue weighted by molar-refractivity contribution is -0.136. The van der Waals surface area contributed by atoms with Crippen LogP contribution >= 0.6 is 0 Å². The summed E-state index contributed by atoms with van der Waals surface area (Å²) >= 11 is 0. The van der Waals surface area contributed by atoms with Gasteiger partial charge in [0.05, 0.1) is 12.7 Å². The average Bonchev–Trinajstić information content (AvgIpc) is 3.14. The standard InChI is InChI=1S/C18H20F3N3O3/c1-2-24(9-8-18(19,20)21)17(26)22-12-13-5-3-6-14(11-13)23-16(25)15-7-4-10-27-15/h3-7,10-11H,2,8-9,12H2,1H3,(H,22,26)(H,23,25). The van der Waals surface area contributed by atoms with E-state index in [2.05, 4.69) is 10.6 Å². The van der Waals surface area contributed by atoms with Gasteiger partial charge in [-0.25, -0.2) is 4.79 Å². The maximum Gasteiger partial charge on any atom is 0.390 e. The van der Waals surface area contributed by atoms with Crippen LogP contribution in [-0.4, -0.2) is 36.1 Å². The molecule has 3 amide bonds. The van der Waals surface area contributed by atoms with E-state index in [1.165, 1.54) is 12.3 Å². The van der Waals surface area contributed by atoms with E-state index in [0.717, 1.165) is 4.90 Å². The van der Waals surface area contributed by atoms with E-state index in [0.29, 0.717) is 11.3 Å². The lowest BCUT2D eigenvalue weighted by Crippen LogP contribution is -2.41. The Morgan fingerprint density at radius 3 is 2.59 bits per heavy atom. The van der Waals surface area contributed by atoms with E-state index in [-0.39, 0.29) is 18.8 Å². The molecule has 0 bridgehead atoms. The van der Waals surface area contributed by atoms with E-state index in [1.807, 2.05) is 0 Å². The molecule has 2 aromatic rings. The van der Waals surface area contributed by atoms with Crippen LogP contribution < -0.4 is 10.6 Å². The van der Waals surface area contributed by atoms with E-state index in [1.54, 1.807) is 37.3 Å². The summed E-state index contributed by atoms with van der Waals surface area (Å²) in [5, 5.41) is 5.25. The molecule has 27 heavy (non-hydrogen) atoms. The molecule has 1 aromatic carbocycles. The number of amides is 3. The minimum atomic E-state index is -4.31. The van der Waals surface area contributed by atoms with E-state index >= 15 is 0 Å². The molecule has 9 heteroatoms. The van der Waals surface area contributed by atoms with Gasteiger partial charge >= 0.3 is 12.2 Å². The molecule has 0 saturated heterocycles. The molecule has 0 aliphatic carbocycles. The molecule has 0 aliphatic rings. The van der Waals surface area contributed by atoms with Gasteiger partial charge in [-0.05, 0) is 36.8 Å². The molecule has 0 aliphatic heterocycles. The molecule has 6 nitrogen and oxygen atoms in total. The Bertz CT molecular complexity index is 761. The number of anilines is 1. The first kappa shape index (κ1) is 20.3. The van der Waals surface area contributed by atoms with Gasteiger partial charge in [0.15, 0.2) is 5.76 Å². The smallest absolute Gasteiger partial charge is 0.390 e. The van der Waals surface area contributed by atoms with Crippen molar-refractivity contribution in [1.29, 1.82) is 0 Å². The van der Waals surface area contributed by atoms with Crippen LogP contribution in [-0.2, 0) is 6.54 Å². The largest absolute Gasteiger partial charge is 0.459 e. The quantitative estimate of drug-likeness (QED) is 0.759. The third kappa shape index (κ3) is 6.69. The highest BCUT2D eigenvalue weighted by Gasteiger charge is 2.28. The lowest BCUT2D eigenvalue weighted by Gasteiger charge is -2.22. The highest BCUT2D eigenvalue weighted by Crippen LogP contribution is 2.19. The van der Waals surface area contributed by atoms with Gasteiger partial charge in [0.1, 0.15) is 0 Å². The summed E-state index contributed by atoms with van der Waals surface area (Å²) in [6.45, 7) is 1.50. The van der Waals surface area contributed by atoms with E-state index in [9.17, 15) is 22.8 Å². The van der Waals surface area contributed by atoms with Crippen molar-refractivity contribution < 1.29 is 27.2 Å². The number of carbonyl (C=O) groups is 2. The number of nitrogens with one attached hydrogen (secondary N) is 2. The molecule has 0 fully saturated rings. The summed E-state index contributed by atoms with van der Waals surface area (Å²) in [6.07, 6.45) is -3.98. The Kier molecular flexibility index (Phi) is 6.86. The normalized spacial score (nSPS) is 11.1. The Morgan fingerprint density at radius 2 is 1.96 bits per heavy atom. The van der Waals surface area contributed by atoms with Crippen LogP contribution in [0.4, 0.5) is 23.7 Å².